The number of hydrogen-bond donors (Lipinski definition) is 7. The predicted molar refractivity (Wildman–Crippen MR) is 144 cm³/mol. The Bertz CT molecular complexity index is 966. The van der Waals surface area contributed by atoms with E-state index in [0.29, 0.717) is 6.42 Å². The Balaban J connectivity index is 3.19. The highest BCUT2D eigenvalue weighted by atomic mass is 16.3. The van der Waals surface area contributed by atoms with Gasteiger partial charge >= 0.3 is 0 Å². The summed E-state index contributed by atoms with van der Waals surface area (Å²) in [5, 5.41) is 14.9. The molecule has 4 amide bonds. The Hall–Kier alpha value is -3.71. The maximum Gasteiger partial charge on any atom is 0.245 e. The first-order chi connectivity index (χ1) is 17.8. The standard InChI is InChI=1S/C25H42N8O5/c1-14(2)20(32-23(37)19(26)15(3)34)24(38)33(4)18(13-16-9-6-5-7-10-16)22(36)31-17(21(27)35)11-8-12-30-25(28)29/h5-7,9-10,14-15,17-20,34H,8,11-13,26H2,1-4H3,(H2,27,35)(H,31,36)(H,32,37)(H4,28,29,30). The molecule has 5 unspecified atom stereocenters. The normalized spacial score (nSPS) is 14.9. The molecule has 13 nitrogen and oxygen atoms in total. The second kappa shape index (κ2) is 15.5. The molecule has 0 aromatic heterocycles. The van der Waals surface area contributed by atoms with Crippen LogP contribution in [0.3, 0.4) is 0 Å². The highest BCUT2D eigenvalue weighted by molar-refractivity contribution is 5.94. The van der Waals surface area contributed by atoms with E-state index in [4.69, 9.17) is 22.9 Å². The Morgan fingerprint density at radius 3 is 2.11 bits per heavy atom. The first-order valence-electron chi connectivity index (χ1n) is 12.5. The number of nitrogens with one attached hydrogen (secondary N) is 2. The van der Waals surface area contributed by atoms with Crippen LogP contribution in [-0.2, 0) is 25.6 Å². The van der Waals surface area contributed by atoms with Gasteiger partial charge in [-0.2, -0.15) is 0 Å². The maximum absolute atomic E-state index is 13.5. The third-order valence-corrected chi connectivity index (χ3v) is 6.05. The molecular formula is C25H42N8O5. The number of primary amides is 1. The number of benzene rings is 1. The summed E-state index contributed by atoms with van der Waals surface area (Å²) in [6.07, 6.45) is -0.407. The smallest absolute Gasteiger partial charge is 0.245 e. The summed E-state index contributed by atoms with van der Waals surface area (Å²) in [5.74, 6) is -3.01. The average Bonchev–Trinajstić information content (AvgIpc) is 2.85. The molecule has 0 aliphatic heterocycles. The topological polar surface area (TPSA) is 232 Å². The number of aliphatic hydroxyl groups is 1. The first kappa shape index (κ1) is 32.3. The number of aliphatic imine (C=N–C) groups is 1. The van der Waals surface area contributed by atoms with Gasteiger partial charge < -0.3 is 43.6 Å². The summed E-state index contributed by atoms with van der Waals surface area (Å²) in [7, 11) is 1.45. The zero-order chi connectivity index (χ0) is 29.0. The van der Waals surface area contributed by atoms with Gasteiger partial charge in [0.2, 0.25) is 23.6 Å². The Labute approximate surface area is 223 Å². The van der Waals surface area contributed by atoms with Crippen LogP contribution >= 0.6 is 0 Å². The summed E-state index contributed by atoms with van der Waals surface area (Å²) in [6, 6.07) is 4.75. The first-order valence-corrected chi connectivity index (χ1v) is 12.5. The quantitative estimate of drug-likeness (QED) is 0.0748. The monoisotopic (exact) mass is 534 g/mol. The second-order valence-electron chi connectivity index (χ2n) is 9.56. The van der Waals surface area contributed by atoms with E-state index >= 15 is 0 Å². The number of nitrogens with zero attached hydrogens (tertiary/aromatic N) is 2. The molecule has 1 rings (SSSR count). The third-order valence-electron chi connectivity index (χ3n) is 6.05. The van der Waals surface area contributed by atoms with Crippen LogP contribution in [0.5, 0.6) is 0 Å². The van der Waals surface area contributed by atoms with Crippen molar-refractivity contribution in [1.29, 1.82) is 0 Å². The van der Waals surface area contributed by atoms with Crippen molar-refractivity contribution in [1.82, 2.24) is 15.5 Å². The second-order valence-corrected chi connectivity index (χ2v) is 9.56. The van der Waals surface area contributed by atoms with Gasteiger partial charge in [-0.15, -0.1) is 0 Å². The van der Waals surface area contributed by atoms with Gasteiger partial charge in [0.1, 0.15) is 24.2 Å². The number of nitrogens with two attached hydrogens (primary N) is 4. The summed E-state index contributed by atoms with van der Waals surface area (Å²) in [5.41, 5.74) is 22.6. The lowest BCUT2D eigenvalue weighted by Crippen LogP contribution is -2.60. The number of guanidine groups is 1. The van der Waals surface area contributed by atoms with E-state index < -0.39 is 53.9 Å². The molecule has 0 radical (unpaired) electrons. The van der Waals surface area contributed by atoms with Gasteiger partial charge in [-0.1, -0.05) is 44.2 Å². The minimum Gasteiger partial charge on any atom is -0.391 e. The predicted octanol–water partition coefficient (Wildman–Crippen LogP) is -2.07. The van der Waals surface area contributed by atoms with Crippen molar-refractivity contribution >= 4 is 29.6 Å². The molecule has 0 aliphatic rings. The molecule has 212 valence electrons. The third kappa shape index (κ3) is 10.3. The number of rotatable bonds is 15. The molecule has 11 N–H and O–H groups in total. The minimum atomic E-state index is -1.23. The molecule has 1 aromatic rings. The molecule has 1 aromatic carbocycles. The summed E-state index contributed by atoms with van der Waals surface area (Å²) in [6.45, 7) is 5.08. The van der Waals surface area contributed by atoms with Crippen LogP contribution in [0, 0.1) is 5.92 Å². The van der Waals surface area contributed by atoms with Crippen molar-refractivity contribution in [2.75, 3.05) is 13.6 Å². The molecule has 0 saturated carbocycles. The van der Waals surface area contributed by atoms with Crippen LogP contribution < -0.4 is 33.6 Å². The lowest BCUT2D eigenvalue weighted by atomic mass is 9.98. The SMILES string of the molecule is CC(C)C(NC(=O)C(N)C(C)O)C(=O)N(C)C(Cc1ccccc1)C(=O)NC(CCCN=C(N)N)C(N)=O. The molecule has 0 heterocycles. The molecule has 0 bridgehead atoms. The molecule has 5 atom stereocenters. The van der Waals surface area contributed by atoms with Gasteiger partial charge in [0.05, 0.1) is 6.10 Å². The number of carbonyl (C=O) groups excluding carboxylic acids is 4. The van der Waals surface area contributed by atoms with E-state index in [1.54, 1.807) is 26.0 Å². The molecule has 38 heavy (non-hydrogen) atoms. The maximum atomic E-state index is 13.5. The largest absolute Gasteiger partial charge is 0.391 e. The Morgan fingerprint density at radius 1 is 1.00 bits per heavy atom. The lowest BCUT2D eigenvalue weighted by molar-refractivity contribution is -0.143. The van der Waals surface area contributed by atoms with E-state index in [0.717, 1.165) is 5.56 Å². The summed E-state index contributed by atoms with van der Waals surface area (Å²) >= 11 is 0. The molecule has 0 saturated heterocycles. The molecule has 13 heteroatoms. The van der Waals surface area contributed by atoms with Crippen LogP contribution in [0.15, 0.2) is 35.3 Å². The lowest BCUT2D eigenvalue weighted by Gasteiger charge is -2.33. The average molecular weight is 535 g/mol. The molecule has 0 fully saturated rings. The van der Waals surface area contributed by atoms with Gasteiger partial charge in [-0.05, 0) is 31.2 Å². The van der Waals surface area contributed by atoms with Gasteiger partial charge in [0.15, 0.2) is 5.96 Å². The number of aliphatic hydroxyl groups excluding tert-OH is 1. The van der Waals surface area contributed by atoms with Crippen LogP contribution in [0.1, 0.15) is 39.2 Å². The molecular weight excluding hydrogens is 492 g/mol. The van der Waals surface area contributed by atoms with Crippen molar-refractivity contribution in [3.63, 3.8) is 0 Å². The van der Waals surface area contributed by atoms with E-state index in [1.165, 1.54) is 18.9 Å². The van der Waals surface area contributed by atoms with Crippen molar-refractivity contribution in [2.24, 2.45) is 33.8 Å². The van der Waals surface area contributed by atoms with Crippen molar-refractivity contribution in [3.05, 3.63) is 35.9 Å². The van der Waals surface area contributed by atoms with Crippen LogP contribution in [-0.4, -0.2) is 83.5 Å². The number of carbonyl (C=O) groups is 4. The van der Waals surface area contributed by atoms with Crippen molar-refractivity contribution in [3.8, 4) is 0 Å². The van der Waals surface area contributed by atoms with Crippen LogP contribution in [0.25, 0.3) is 0 Å². The van der Waals surface area contributed by atoms with E-state index in [1.807, 2.05) is 18.2 Å². The summed E-state index contributed by atoms with van der Waals surface area (Å²) in [4.78, 5) is 56.6. The zero-order valence-electron chi connectivity index (χ0n) is 22.5. The fourth-order valence-electron chi connectivity index (χ4n) is 3.65. The Morgan fingerprint density at radius 2 is 1.61 bits per heavy atom. The minimum absolute atomic E-state index is 0.0890. The highest BCUT2D eigenvalue weighted by Crippen LogP contribution is 2.14. The number of amides is 4. The van der Waals surface area contributed by atoms with E-state index in [-0.39, 0.29) is 31.3 Å². The van der Waals surface area contributed by atoms with E-state index in [2.05, 4.69) is 15.6 Å². The van der Waals surface area contributed by atoms with Gasteiger partial charge in [0, 0.05) is 20.0 Å². The van der Waals surface area contributed by atoms with Crippen molar-refractivity contribution in [2.45, 2.75) is 70.3 Å². The number of hydrogen-bond acceptors (Lipinski definition) is 7. The summed E-state index contributed by atoms with van der Waals surface area (Å²) < 4.78 is 0. The number of likely N-dealkylation sites (N-methyl/N-ethyl adjacent to an activating group) is 1. The zero-order valence-corrected chi connectivity index (χ0v) is 22.5. The van der Waals surface area contributed by atoms with E-state index in [9.17, 15) is 24.3 Å². The fraction of sp³-hybridized carbons (Fsp3) is 0.560. The highest BCUT2D eigenvalue weighted by Gasteiger charge is 2.36. The molecule has 0 spiro atoms. The van der Waals surface area contributed by atoms with Gasteiger partial charge in [-0.3, -0.25) is 24.2 Å². The Kier molecular flexibility index (Phi) is 13.2. The van der Waals surface area contributed by atoms with Gasteiger partial charge in [0.25, 0.3) is 0 Å². The van der Waals surface area contributed by atoms with Crippen LogP contribution in [0.2, 0.25) is 0 Å². The van der Waals surface area contributed by atoms with Crippen molar-refractivity contribution < 1.29 is 24.3 Å². The van der Waals surface area contributed by atoms with Gasteiger partial charge in [-0.25, -0.2) is 0 Å². The fourth-order valence-corrected chi connectivity index (χ4v) is 3.65. The van der Waals surface area contributed by atoms with Crippen LogP contribution in [0.4, 0.5) is 0 Å². The molecule has 0 aliphatic carbocycles.